The summed E-state index contributed by atoms with van der Waals surface area (Å²) in [5.41, 5.74) is 0. The first-order valence-electron chi connectivity index (χ1n) is 8.34. The van der Waals surface area contributed by atoms with Crippen LogP contribution >= 0.6 is 0 Å². The SMILES string of the molecule is CCCCCOCCN1CCOC(CNCC(C)C)C1. The van der Waals surface area contributed by atoms with Crippen molar-refractivity contribution >= 4 is 0 Å². The second-order valence-electron chi connectivity index (χ2n) is 6.16. The summed E-state index contributed by atoms with van der Waals surface area (Å²) in [6.07, 6.45) is 4.07. The zero-order valence-corrected chi connectivity index (χ0v) is 13.7. The van der Waals surface area contributed by atoms with Crippen molar-refractivity contribution in [3.05, 3.63) is 0 Å². The molecule has 0 radical (unpaired) electrons. The van der Waals surface area contributed by atoms with Gasteiger partial charge in [-0.1, -0.05) is 33.6 Å². The lowest BCUT2D eigenvalue weighted by Crippen LogP contribution is -2.47. The second-order valence-corrected chi connectivity index (χ2v) is 6.16. The van der Waals surface area contributed by atoms with E-state index in [-0.39, 0.29) is 0 Å². The number of nitrogens with one attached hydrogen (secondary N) is 1. The van der Waals surface area contributed by atoms with Gasteiger partial charge in [-0.05, 0) is 18.9 Å². The molecule has 0 aromatic heterocycles. The quantitative estimate of drug-likeness (QED) is 0.590. The van der Waals surface area contributed by atoms with Crippen molar-refractivity contribution in [2.75, 3.05) is 52.5 Å². The third-order valence-corrected chi connectivity index (χ3v) is 3.59. The third kappa shape index (κ3) is 8.90. The van der Waals surface area contributed by atoms with Gasteiger partial charge in [0.05, 0.1) is 19.3 Å². The lowest BCUT2D eigenvalue weighted by molar-refractivity contribution is -0.0351. The van der Waals surface area contributed by atoms with Crippen LogP contribution < -0.4 is 5.32 Å². The van der Waals surface area contributed by atoms with Crippen molar-refractivity contribution in [3.63, 3.8) is 0 Å². The van der Waals surface area contributed by atoms with Crippen molar-refractivity contribution in [3.8, 4) is 0 Å². The number of morpholine rings is 1. The molecule has 1 aliphatic rings. The molecule has 0 saturated carbocycles. The molecular formula is C16H34N2O2. The Morgan fingerprint density at radius 2 is 2.15 bits per heavy atom. The fraction of sp³-hybridized carbons (Fsp3) is 1.00. The molecule has 1 unspecified atom stereocenters. The molecule has 1 aliphatic heterocycles. The van der Waals surface area contributed by atoms with Gasteiger partial charge in [0.25, 0.3) is 0 Å². The number of nitrogens with zero attached hydrogens (tertiary/aromatic N) is 1. The van der Waals surface area contributed by atoms with Gasteiger partial charge in [0.15, 0.2) is 0 Å². The predicted octanol–water partition coefficient (Wildman–Crippen LogP) is 2.14. The Bertz CT molecular complexity index is 225. The summed E-state index contributed by atoms with van der Waals surface area (Å²) in [7, 11) is 0. The average Bonchev–Trinajstić information content (AvgIpc) is 2.43. The van der Waals surface area contributed by atoms with Crippen LogP contribution in [0.2, 0.25) is 0 Å². The first-order valence-corrected chi connectivity index (χ1v) is 8.34. The van der Waals surface area contributed by atoms with E-state index in [2.05, 4.69) is 31.0 Å². The van der Waals surface area contributed by atoms with E-state index in [1.54, 1.807) is 0 Å². The van der Waals surface area contributed by atoms with Crippen molar-refractivity contribution < 1.29 is 9.47 Å². The molecule has 1 saturated heterocycles. The van der Waals surface area contributed by atoms with E-state index in [1.807, 2.05) is 0 Å². The molecule has 120 valence electrons. The van der Waals surface area contributed by atoms with Gasteiger partial charge in [0.1, 0.15) is 0 Å². The highest BCUT2D eigenvalue weighted by molar-refractivity contribution is 4.73. The van der Waals surface area contributed by atoms with Crippen LogP contribution in [-0.2, 0) is 9.47 Å². The number of rotatable bonds is 11. The van der Waals surface area contributed by atoms with E-state index < -0.39 is 0 Å². The van der Waals surface area contributed by atoms with Crippen LogP contribution in [0.4, 0.5) is 0 Å². The topological polar surface area (TPSA) is 33.7 Å². The minimum Gasteiger partial charge on any atom is -0.380 e. The Labute approximate surface area is 125 Å². The van der Waals surface area contributed by atoms with Gasteiger partial charge in [-0.2, -0.15) is 0 Å². The Kier molecular flexibility index (Phi) is 10.3. The summed E-state index contributed by atoms with van der Waals surface area (Å²) in [6.45, 7) is 14.5. The summed E-state index contributed by atoms with van der Waals surface area (Å²) >= 11 is 0. The highest BCUT2D eigenvalue weighted by atomic mass is 16.5. The van der Waals surface area contributed by atoms with Crippen molar-refractivity contribution in [2.24, 2.45) is 5.92 Å². The lowest BCUT2D eigenvalue weighted by Gasteiger charge is -2.33. The molecule has 20 heavy (non-hydrogen) atoms. The van der Waals surface area contributed by atoms with Crippen molar-refractivity contribution in [1.82, 2.24) is 10.2 Å². The Morgan fingerprint density at radius 3 is 2.90 bits per heavy atom. The molecule has 0 aromatic carbocycles. The van der Waals surface area contributed by atoms with Crippen LogP contribution in [-0.4, -0.2) is 63.5 Å². The van der Waals surface area contributed by atoms with Gasteiger partial charge in [-0.15, -0.1) is 0 Å². The van der Waals surface area contributed by atoms with E-state index in [1.165, 1.54) is 19.3 Å². The molecule has 1 fully saturated rings. The first kappa shape index (κ1) is 17.9. The summed E-state index contributed by atoms with van der Waals surface area (Å²) < 4.78 is 11.5. The smallest absolute Gasteiger partial charge is 0.0826 e. The van der Waals surface area contributed by atoms with Gasteiger partial charge < -0.3 is 14.8 Å². The highest BCUT2D eigenvalue weighted by Gasteiger charge is 2.19. The number of hydrogen-bond acceptors (Lipinski definition) is 4. The summed E-state index contributed by atoms with van der Waals surface area (Å²) in [5.74, 6) is 0.700. The van der Waals surface area contributed by atoms with Crippen LogP contribution in [0.1, 0.15) is 40.0 Å². The molecule has 0 aromatic rings. The first-order chi connectivity index (χ1) is 9.72. The third-order valence-electron chi connectivity index (χ3n) is 3.59. The van der Waals surface area contributed by atoms with Crippen molar-refractivity contribution in [1.29, 1.82) is 0 Å². The molecule has 4 nitrogen and oxygen atoms in total. The molecule has 1 heterocycles. The fourth-order valence-corrected chi connectivity index (χ4v) is 2.39. The monoisotopic (exact) mass is 286 g/mol. The van der Waals surface area contributed by atoms with Crippen molar-refractivity contribution in [2.45, 2.75) is 46.1 Å². The molecule has 1 atom stereocenters. The molecule has 1 rings (SSSR count). The molecule has 4 heteroatoms. The van der Waals surface area contributed by atoms with Crippen LogP contribution in [0.15, 0.2) is 0 Å². The van der Waals surface area contributed by atoms with Crippen LogP contribution in [0, 0.1) is 5.92 Å². The maximum Gasteiger partial charge on any atom is 0.0826 e. The zero-order chi connectivity index (χ0) is 14.6. The molecule has 0 bridgehead atoms. The van der Waals surface area contributed by atoms with Crippen LogP contribution in [0.25, 0.3) is 0 Å². The molecule has 0 amide bonds. The number of ether oxygens (including phenoxy) is 2. The molecule has 0 aliphatic carbocycles. The van der Waals surface area contributed by atoms with Gasteiger partial charge in [-0.3, -0.25) is 4.90 Å². The van der Waals surface area contributed by atoms with Gasteiger partial charge in [0, 0.05) is 32.8 Å². The zero-order valence-electron chi connectivity index (χ0n) is 13.7. The summed E-state index contributed by atoms with van der Waals surface area (Å²) in [6, 6.07) is 0. The van der Waals surface area contributed by atoms with Crippen LogP contribution in [0.5, 0.6) is 0 Å². The minimum absolute atomic E-state index is 0.336. The Hall–Kier alpha value is -0.160. The number of hydrogen-bond donors (Lipinski definition) is 1. The Balaban J connectivity index is 2.02. The van der Waals surface area contributed by atoms with Gasteiger partial charge >= 0.3 is 0 Å². The standard InChI is InChI=1S/C16H34N2O2/c1-4-5-6-9-19-10-7-18-8-11-20-16(14-18)13-17-12-15(2)3/h15-17H,4-14H2,1-3H3. The fourth-order valence-electron chi connectivity index (χ4n) is 2.39. The maximum absolute atomic E-state index is 5.80. The highest BCUT2D eigenvalue weighted by Crippen LogP contribution is 2.04. The summed E-state index contributed by atoms with van der Waals surface area (Å²) in [5, 5.41) is 3.48. The molecule has 1 N–H and O–H groups in total. The normalized spacial score (nSPS) is 20.7. The lowest BCUT2D eigenvalue weighted by atomic mass is 10.2. The van der Waals surface area contributed by atoms with E-state index in [0.717, 1.165) is 52.5 Å². The van der Waals surface area contributed by atoms with Gasteiger partial charge in [-0.25, -0.2) is 0 Å². The number of unbranched alkanes of at least 4 members (excludes halogenated alkanes) is 2. The van der Waals surface area contributed by atoms with Gasteiger partial charge in [0.2, 0.25) is 0 Å². The molecule has 0 spiro atoms. The largest absolute Gasteiger partial charge is 0.380 e. The molecular weight excluding hydrogens is 252 g/mol. The maximum atomic E-state index is 5.80. The predicted molar refractivity (Wildman–Crippen MR) is 84.2 cm³/mol. The van der Waals surface area contributed by atoms with Crippen LogP contribution in [0.3, 0.4) is 0 Å². The van der Waals surface area contributed by atoms with E-state index in [4.69, 9.17) is 9.47 Å². The second kappa shape index (κ2) is 11.5. The summed E-state index contributed by atoms with van der Waals surface area (Å²) in [4.78, 5) is 2.46. The minimum atomic E-state index is 0.336. The van der Waals surface area contributed by atoms with E-state index >= 15 is 0 Å². The Morgan fingerprint density at radius 1 is 1.30 bits per heavy atom. The van der Waals surface area contributed by atoms with E-state index in [0.29, 0.717) is 12.0 Å². The van der Waals surface area contributed by atoms with E-state index in [9.17, 15) is 0 Å². The average molecular weight is 286 g/mol.